The number of nitrogens with two attached hydrogens (primary N) is 1. The molecule has 72 valence electrons. The summed E-state index contributed by atoms with van der Waals surface area (Å²) in [5.41, 5.74) is 6.39. The first-order valence-electron chi connectivity index (χ1n) is 3.99. The Morgan fingerprint density at radius 1 is 1.57 bits per heavy atom. The van der Waals surface area contributed by atoms with E-state index >= 15 is 0 Å². The highest BCUT2D eigenvalue weighted by atomic mass is 16.5. The number of anilines is 1. The van der Waals surface area contributed by atoms with E-state index in [1.165, 1.54) is 14.0 Å². The van der Waals surface area contributed by atoms with Crippen LogP contribution in [0.5, 0.6) is 5.75 Å². The number of methoxy groups -OCH3 is 1. The van der Waals surface area contributed by atoms with Crippen molar-refractivity contribution in [1.29, 1.82) is 5.26 Å². The van der Waals surface area contributed by atoms with Gasteiger partial charge in [0.15, 0.2) is 5.78 Å². The largest absolute Gasteiger partial charge is 0.495 e. The number of carbonyl (C=O) groups excluding carboxylic acids is 1. The summed E-state index contributed by atoms with van der Waals surface area (Å²) in [7, 11) is 1.45. The smallest absolute Gasteiger partial charge is 0.161 e. The molecular weight excluding hydrogens is 180 g/mol. The van der Waals surface area contributed by atoms with Gasteiger partial charge in [0.2, 0.25) is 0 Å². The van der Waals surface area contributed by atoms with Gasteiger partial charge in [-0.2, -0.15) is 5.26 Å². The Kier molecular flexibility index (Phi) is 2.73. The molecule has 0 radical (unpaired) electrons. The van der Waals surface area contributed by atoms with E-state index in [0.29, 0.717) is 11.3 Å². The second-order valence-electron chi connectivity index (χ2n) is 2.77. The molecule has 0 aliphatic rings. The van der Waals surface area contributed by atoms with Crippen molar-refractivity contribution in [3.63, 3.8) is 0 Å². The molecule has 14 heavy (non-hydrogen) atoms. The predicted molar refractivity (Wildman–Crippen MR) is 52.1 cm³/mol. The van der Waals surface area contributed by atoms with E-state index in [1.807, 2.05) is 6.07 Å². The van der Waals surface area contributed by atoms with Crippen molar-refractivity contribution in [3.8, 4) is 11.8 Å². The van der Waals surface area contributed by atoms with E-state index in [-0.39, 0.29) is 17.0 Å². The zero-order valence-electron chi connectivity index (χ0n) is 8.00. The average molecular weight is 190 g/mol. The molecule has 0 aliphatic heterocycles. The zero-order valence-corrected chi connectivity index (χ0v) is 8.00. The third-order valence-corrected chi connectivity index (χ3v) is 1.92. The fourth-order valence-electron chi connectivity index (χ4n) is 1.19. The second-order valence-corrected chi connectivity index (χ2v) is 2.77. The number of Topliss-reactive ketones (excluding diaryl/α,β-unsaturated/α-hetero) is 1. The van der Waals surface area contributed by atoms with Crippen LogP contribution in [0.25, 0.3) is 0 Å². The van der Waals surface area contributed by atoms with Gasteiger partial charge in [-0.1, -0.05) is 0 Å². The molecule has 1 aromatic carbocycles. The minimum absolute atomic E-state index is 0.165. The van der Waals surface area contributed by atoms with Crippen LogP contribution in [0, 0.1) is 11.3 Å². The fraction of sp³-hybridized carbons (Fsp3) is 0.200. The zero-order chi connectivity index (χ0) is 10.7. The minimum Gasteiger partial charge on any atom is -0.495 e. The first-order chi connectivity index (χ1) is 6.61. The van der Waals surface area contributed by atoms with Gasteiger partial charge in [0.05, 0.1) is 12.8 Å². The topological polar surface area (TPSA) is 76.1 Å². The summed E-state index contributed by atoms with van der Waals surface area (Å²) in [4.78, 5) is 11.1. The first kappa shape index (κ1) is 10.1. The van der Waals surface area contributed by atoms with Crippen molar-refractivity contribution in [2.45, 2.75) is 6.92 Å². The number of nitrogen functional groups attached to an aromatic ring is 1. The monoisotopic (exact) mass is 190 g/mol. The lowest BCUT2D eigenvalue weighted by atomic mass is 10.0. The quantitative estimate of drug-likeness (QED) is 0.564. The van der Waals surface area contributed by atoms with Crippen LogP contribution in [0.4, 0.5) is 5.69 Å². The van der Waals surface area contributed by atoms with E-state index in [0.717, 1.165) is 0 Å². The van der Waals surface area contributed by atoms with Gasteiger partial charge < -0.3 is 10.5 Å². The van der Waals surface area contributed by atoms with Crippen LogP contribution in [-0.4, -0.2) is 12.9 Å². The maximum Gasteiger partial charge on any atom is 0.161 e. The van der Waals surface area contributed by atoms with Crippen molar-refractivity contribution in [2.75, 3.05) is 12.8 Å². The lowest BCUT2D eigenvalue weighted by molar-refractivity contribution is 0.101. The Labute approximate surface area is 81.9 Å². The molecule has 4 nitrogen and oxygen atoms in total. The third kappa shape index (κ3) is 1.52. The maximum atomic E-state index is 11.1. The van der Waals surface area contributed by atoms with E-state index < -0.39 is 0 Å². The van der Waals surface area contributed by atoms with E-state index in [2.05, 4.69) is 0 Å². The summed E-state index contributed by atoms with van der Waals surface area (Å²) < 4.78 is 4.94. The van der Waals surface area contributed by atoms with Crippen molar-refractivity contribution >= 4 is 11.5 Å². The molecule has 0 saturated heterocycles. The molecule has 0 aromatic heterocycles. The number of rotatable bonds is 2. The summed E-state index contributed by atoms with van der Waals surface area (Å²) in [6.07, 6.45) is 0. The second kappa shape index (κ2) is 3.79. The molecular formula is C10H10N2O2. The molecule has 0 bridgehead atoms. The predicted octanol–water partition coefficient (Wildman–Crippen LogP) is 1.35. The van der Waals surface area contributed by atoms with Crippen LogP contribution in [0.3, 0.4) is 0 Å². The van der Waals surface area contributed by atoms with Crippen LogP contribution in [-0.2, 0) is 0 Å². The Bertz CT molecular complexity index is 419. The number of benzene rings is 1. The van der Waals surface area contributed by atoms with Crippen molar-refractivity contribution in [1.82, 2.24) is 0 Å². The van der Waals surface area contributed by atoms with Crippen molar-refractivity contribution in [3.05, 3.63) is 23.3 Å². The lowest BCUT2D eigenvalue weighted by Gasteiger charge is -2.07. The van der Waals surface area contributed by atoms with Gasteiger partial charge in [0, 0.05) is 5.56 Å². The Morgan fingerprint density at radius 2 is 2.21 bits per heavy atom. The fourth-order valence-corrected chi connectivity index (χ4v) is 1.19. The molecule has 0 atom stereocenters. The Hall–Kier alpha value is -2.02. The number of nitrogens with zero attached hydrogens (tertiary/aromatic N) is 1. The summed E-state index contributed by atoms with van der Waals surface area (Å²) >= 11 is 0. The number of ketones is 1. The van der Waals surface area contributed by atoms with E-state index in [1.54, 1.807) is 12.1 Å². The summed E-state index contributed by atoms with van der Waals surface area (Å²) in [5.74, 6) is 0.219. The van der Waals surface area contributed by atoms with Crippen LogP contribution in [0.2, 0.25) is 0 Å². The standard InChI is InChI=1S/C10H10N2O2/c1-6(13)7-3-4-9(14-2)8(5-11)10(7)12/h3-4H,12H2,1-2H3. The lowest BCUT2D eigenvalue weighted by Crippen LogP contribution is -2.03. The molecule has 4 heteroatoms. The number of carbonyl (C=O) groups is 1. The van der Waals surface area contributed by atoms with Gasteiger partial charge in [-0.3, -0.25) is 4.79 Å². The molecule has 0 spiro atoms. The molecule has 2 N–H and O–H groups in total. The molecule has 0 saturated carbocycles. The van der Waals surface area contributed by atoms with E-state index in [9.17, 15) is 4.79 Å². The van der Waals surface area contributed by atoms with Crippen molar-refractivity contribution in [2.24, 2.45) is 0 Å². The molecule has 0 fully saturated rings. The molecule has 0 aliphatic carbocycles. The number of hydrogen-bond acceptors (Lipinski definition) is 4. The van der Waals surface area contributed by atoms with Crippen LogP contribution in [0.15, 0.2) is 12.1 Å². The SMILES string of the molecule is COc1ccc(C(C)=O)c(N)c1C#N. The van der Waals surface area contributed by atoms with Gasteiger partial charge in [0.1, 0.15) is 17.4 Å². The summed E-state index contributed by atoms with van der Waals surface area (Å²) in [6, 6.07) is 5.02. The van der Waals surface area contributed by atoms with Gasteiger partial charge in [-0.25, -0.2) is 0 Å². The number of nitriles is 1. The van der Waals surface area contributed by atoms with Crippen molar-refractivity contribution < 1.29 is 9.53 Å². The van der Waals surface area contributed by atoms with Gasteiger partial charge in [-0.05, 0) is 19.1 Å². The highest BCUT2D eigenvalue weighted by Gasteiger charge is 2.13. The Morgan fingerprint density at radius 3 is 2.64 bits per heavy atom. The van der Waals surface area contributed by atoms with Gasteiger partial charge in [0.25, 0.3) is 0 Å². The van der Waals surface area contributed by atoms with Crippen LogP contribution in [0.1, 0.15) is 22.8 Å². The average Bonchev–Trinajstić information content (AvgIpc) is 2.16. The maximum absolute atomic E-state index is 11.1. The van der Waals surface area contributed by atoms with Crippen LogP contribution >= 0.6 is 0 Å². The highest BCUT2D eigenvalue weighted by Crippen LogP contribution is 2.26. The Balaban J connectivity index is 3.44. The minimum atomic E-state index is -0.165. The van der Waals surface area contributed by atoms with E-state index in [4.69, 9.17) is 15.7 Å². The van der Waals surface area contributed by atoms with Gasteiger partial charge in [-0.15, -0.1) is 0 Å². The normalized spacial score (nSPS) is 9.21. The molecule has 1 rings (SSSR count). The number of ether oxygens (including phenoxy) is 1. The summed E-state index contributed by atoms with van der Waals surface area (Å²) in [5, 5.41) is 8.82. The third-order valence-electron chi connectivity index (χ3n) is 1.92. The highest BCUT2D eigenvalue weighted by molar-refractivity contribution is 6.00. The molecule has 0 heterocycles. The van der Waals surface area contributed by atoms with Gasteiger partial charge >= 0.3 is 0 Å². The molecule has 0 amide bonds. The molecule has 1 aromatic rings. The first-order valence-corrected chi connectivity index (χ1v) is 3.99. The molecule has 0 unspecified atom stereocenters. The summed E-state index contributed by atoms with van der Waals surface area (Å²) in [6.45, 7) is 1.40. The number of hydrogen-bond donors (Lipinski definition) is 1. The van der Waals surface area contributed by atoms with Crippen LogP contribution < -0.4 is 10.5 Å².